The average molecular weight is 189 g/mol. The van der Waals surface area contributed by atoms with E-state index in [1.807, 2.05) is 6.20 Å². The first-order chi connectivity index (χ1) is 6.82. The molecular formula is C11H15N3. The van der Waals surface area contributed by atoms with Crippen LogP contribution in [-0.2, 0) is 12.0 Å². The lowest BCUT2D eigenvalue weighted by molar-refractivity contribution is 0.388. The van der Waals surface area contributed by atoms with E-state index in [9.17, 15) is 0 Å². The Labute approximate surface area is 83.7 Å². The number of nitrogens with one attached hydrogen (secondary N) is 1. The van der Waals surface area contributed by atoms with E-state index in [2.05, 4.69) is 10.3 Å². The molecule has 1 fully saturated rings. The van der Waals surface area contributed by atoms with Crippen molar-refractivity contribution < 1.29 is 0 Å². The molecule has 3 N–H and O–H groups in total. The lowest BCUT2D eigenvalue weighted by atomic mass is 9.91. The van der Waals surface area contributed by atoms with Crippen molar-refractivity contribution in [1.82, 2.24) is 10.3 Å². The Morgan fingerprint density at radius 1 is 1.36 bits per heavy atom. The van der Waals surface area contributed by atoms with Gasteiger partial charge < -0.3 is 11.1 Å². The van der Waals surface area contributed by atoms with Gasteiger partial charge in [-0.3, -0.25) is 4.98 Å². The molecule has 3 heteroatoms. The summed E-state index contributed by atoms with van der Waals surface area (Å²) in [4.78, 5) is 4.21. The third-order valence-electron chi connectivity index (χ3n) is 3.65. The first-order valence-electron chi connectivity index (χ1n) is 5.30. The fourth-order valence-corrected chi connectivity index (χ4v) is 2.92. The number of aromatic nitrogens is 1. The van der Waals surface area contributed by atoms with Crippen LogP contribution in [-0.4, -0.2) is 11.5 Å². The minimum Gasteiger partial charge on any atom is -0.397 e. The summed E-state index contributed by atoms with van der Waals surface area (Å²) in [5.41, 5.74) is 9.71. The summed E-state index contributed by atoms with van der Waals surface area (Å²) in [6.07, 6.45) is 8.58. The van der Waals surface area contributed by atoms with Crippen molar-refractivity contribution >= 4 is 5.69 Å². The molecular weight excluding hydrogens is 174 g/mol. The van der Waals surface area contributed by atoms with Crippen molar-refractivity contribution in [3.8, 4) is 0 Å². The molecule has 1 aliphatic carbocycles. The maximum atomic E-state index is 5.93. The largest absolute Gasteiger partial charge is 0.397 e. The van der Waals surface area contributed by atoms with Gasteiger partial charge in [0.05, 0.1) is 11.9 Å². The highest BCUT2D eigenvalue weighted by atomic mass is 15.0. The van der Waals surface area contributed by atoms with Gasteiger partial charge in [0.25, 0.3) is 0 Å². The molecule has 3 rings (SSSR count). The molecule has 74 valence electrons. The molecule has 0 saturated carbocycles. The van der Waals surface area contributed by atoms with Gasteiger partial charge in [0, 0.05) is 11.7 Å². The standard InChI is InChI=1S/C11H15N3/c12-10-7-13-6-9-8(10)2-4-11(9)3-1-5-14-11/h6-7,14H,1-5,12H2. The molecule has 1 aliphatic heterocycles. The van der Waals surface area contributed by atoms with Crippen LogP contribution in [0.25, 0.3) is 0 Å². The number of fused-ring (bicyclic) bond motifs is 2. The Hall–Kier alpha value is -1.09. The number of nitrogens with two attached hydrogens (primary N) is 1. The molecule has 2 heterocycles. The van der Waals surface area contributed by atoms with Gasteiger partial charge in [-0.1, -0.05) is 0 Å². The summed E-state index contributed by atoms with van der Waals surface area (Å²) in [6, 6.07) is 0. The highest BCUT2D eigenvalue weighted by Crippen LogP contribution is 2.43. The Kier molecular flexibility index (Phi) is 1.59. The predicted octanol–water partition coefficient (Wildman–Crippen LogP) is 1.19. The van der Waals surface area contributed by atoms with E-state index in [-0.39, 0.29) is 5.54 Å². The van der Waals surface area contributed by atoms with E-state index in [0.29, 0.717) is 0 Å². The van der Waals surface area contributed by atoms with Crippen LogP contribution < -0.4 is 11.1 Å². The minimum absolute atomic E-state index is 0.220. The van der Waals surface area contributed by atoms with Crippen LogP contribution in [0.3, 0.4) is 0 Å². The summed E-state index contributed by atoms with van der Waals surface area (Å²) >= 11 is 0. The van der Waals surface area contributed by atoms with Crippen LogP contribution in [0.2, 0.25) is 0 Å². The van der Waals surface area contributed by atoms with Crippen LogP contribution >= 0.6 is 0 Å². The number of nitrogens with zero attached hydrogens (tertiary/aromatic N) is 1. The molecule has 1 aromatic heterocycles. The van der Waals surface area contributed by atoms with Gasteiger partial charge in [-0.05, 0) is 43.4 Å². The van der Waals surface area contributed by atoms with Crippen LogP contribution in [0.5, 0.6) is 0 Å². The molecule has 2 aliphatic rings. The van der Waals surface area contributed by atoms with Gasteiger partial charge in [-0.15, -0.1) is 0 Å². The molecule has 1 unspecified atom stereocenters. The minimum atomic E-state index is 0.220. The van der Waals surface area contributed by atoms with Crippen LogP contribution in [0.15, 0.2) is 12.4 Å². The van der Waals surface area contributed by atoms with Crippen molar-refractivity contribution in [3.05, 3.63) is 23.5 Å². The second kappa shape index (κ2) is 2.70. The van der Waals surface area contributed by atoms with E-state index in [4.69, 9.17) is 5.73 Å². The van der Waals surface area contributed by atoms with Crippen molar-refractivity contribution in [3.63, 3.8) is 0 Å². The third kappa shape index (κ3) is 0.932. The molecule has 1 atom stereocenters. The summed E-state index contributed by atoms with van der Waals surface area (Å²) in [5.74, 6) is 0. The molecule has 1 aromatic rings. The Morgan fingerprint density at radius 2 is 2.29 bits per heavy atom. The topological polar surface area (TPSA) is 50.9 Å². The molecule has 14 heavy (non-hydrogen) atoms. The van der Waals surface area contributed by atoms with Crippen molar-refractivity contribution in [2.45, 2.75) is 31.2 Å². The highest BCUT2D eigenvalue weighted by Gasteiger charge is 2.41. The summed E-state index contributed by atoms with van der Waals surface area (Å²) in [5, 5.41) is 3.62. The lowest BCUT2D eigenvalue weighted by Gasteiger charge is -2.24. The Bertz CT molecular complexity index is 367. The zero-order valence-corrected chi connectivity index (χ0v) is 8.21. The molecule has 0 aromatic carbocycles. The van der Waals surface area contributed by atoms with E-state index in [1.165, 1.54) is 30.4 Å². The van der Waals surface area contributed by atoms with Gasteiger partial charge in [0.1, 0.15) is 0 Å². The number of pyridine rings is 1. The normalized spacial score (nSPS) is 29.7. The van der Waals surface area contributed by atoms with Gasteiger partial charge in [0.2, 0.25) is 0 Å². The fraction of sp³-hybridized carbons (Fsp3) is 0.545. The van der Waals surface area contributed by atoms with E-state index < -0.39 is 0 Å². The quantitative estimate of drug-likeness (QED) is 0.644. The Morgan fingerprint density at radius 3 is 3.07 bits per heavy atom. The first kappa shape index (κ1) is 8.24. The first-order valence-corrected chi connectivity index (χ1v) is 5.30. The van der Waals surface area contributed by atoms with E-state index >= 15 is 0 Å². The number of anilines is 1. The molecule has 0 amide bonds. The summed E-state index contributed by atoms with van der Waals surface area (Å²) in [7, 11) is 0. The second-order valence-electron chi connectivity index (χ2n) is 4.37. The maximum absolute atomic E-state index is 5.93. The van der Waals surface area contributed by atoms with Crippen LogP contribution in [0, 0.1) is 0 Å². The van der Waals surface area contributed by atoms with Gasteiger partial charge in [0.15, 0.2) is 0 Å². The number of nitrogen functional groups attached to an aromatic ring is 1. The van der Waals surface area contributed by atoms with Crippen LogP contribution in [0.1, 0.15) is 30.4 Å². The Balaban J connectivity index is 2.14. The monoisotopic (exact) mass is 189 g/mol. The van der Waals surface area contributed by atoms with Crippen LogP contribution in [0.4, 0.5) is 5.69 Å². The van der Waals surface area contributed by atoms with E-state index in [1.54, 1.807) is 6.20 Å². The summed E-state index contributed by atoms with van der Waals surface area (Å²) in [6.45, 7) is 1.13. The zero-order chi connectivity index (χ0) is 9.60. The smallest absolute Gasteiger partial charge is 0.0536 e. The molecule has 1 spiro atoms. The average Bonchev–Trinajstić information content (AvgIpc) is 2.78. The second-order valence-corrected chi connectivity index (χ2v) is 4.37. The van der Waals surface area contributed by atoms with Crippen molar-refractivity contribution in [2.24, 2.45) is 0 Å². The van der Waals surface area contributed by atoms with Gasteiger partial charge in [-0.25, -0.2) is 0 Å². The molecule has 3 nitrogen and oxygen atoms in total. The predicted molar refractivity (Wildman–Crippen MR) is 55.9 cm³/mol. The van der Waals surface area contributed by atoms with E-state index in [0.717, 1.165) is 18.7 Å². The molecule has 0 radical (unpaired) electrons. The fourth-order valence-electron chi connectivity index (χ4n) is 2.92. The van der Waals surface area contributed by atoms with Gasteiger partial charge in [-0.2, -0.15) is 0 Å². The number of hydrogen-bond donors (Lipinski definition) is 2. The summed E-state index contributed by atoms with van der Waals surface area (Å²) < 4.78 is 0. The van der Waals surface area contributed by atoms with Gasteiger partial charge >= 0.3 is 0 Å². The highest BCUT2D eigenvalue weighted by molar-refractivity contribution is 5.53. The maximum Gasteiger partial charge on any atom is 0.0536 e. The number of rotatable bonds is 0. The zero-order valence-electron chi connectivity index (χ0n) is 8.21. The molecule has 0 bridgehead atoms. The SMILES string of the molecule is Nc1cncc2c1CCC21CCCN1. The van der Waals surface area contributed by atoms with Crippen molar-refractivity contribution in [2.75, 3.05) is 12.3 Å². The lowest BCUT2D eigenvalue weighted by Crippen LogP contribution is -2.34. The van der Waals surface area contributed by atoms with Crippen molar-refractivity contribution in [1.29, 1.82) is 0 Å². The third-order valence-corrected chi connectivity index (χ3v) is 3.65. The number of hydrogen-bond acceptors (Lipinski definition) is 3. The molecule has 1 saturated heterocycles.